The fourth-order valence-electron chi connectivity index (χ4n) is 4.78. The second-order valence-electron chi connectivity index (χ2n) is 11.0. The summed E-state index contributed by atoms with van der Waals surface area (Å²) < 4.78 is 42.9. The van der Waals surface area contributed by atoms with Crippen LogP contribution in [-0.2, 0) is 33.6 Å². The number of carbonyl (C=O) groups is 2. The van der Waals surface area contributed by atoms with Crippen LogP contribution in [0, 0.1) is 17.2 Å². The highest BCUT2D eigenvalue weighted by atomic mass is 19.4. The summed E-state index contributed by atoms with van der Waals surface area (Å²) in [6.45, 7) is 6.65. The van der Waals surface area contributed by atoms with E-state index < -0.39 is 18.2 Å². The number of likely N-dealkylation sites (N-methyl/N-ethyl adjacent to an activating group) is 1. The fraction of sp³-hybridized carbons (Fsp3) is 0.531. The molecule has 0 bridgehead atoms. The van der Waals surface area contributed by atoms with Crippen molar-refractivity contribution in [1.29, 1.82) is 5.26 Å². The third-order valence-electron chi connectivity index (χ3n) is 7.43. The molecule has 0 spiro atoms. The molecule has 2 N–H and O–H groups in total. The van der Waals surface area contributed by atoms with Crippen LogP contribution in [-0.4, -0.2) is 71.7 Å². The highest BCUT2D eigenvalue weighted by Crippen LogP contribution is 2.30. The maximum atomic E-state index is 12.0. The summed E-state index contributed by atoms with van der Waals surface area (Å²) in [5, 5.41) is 27.2. The van der Waals surface area contributed by atoms with Gasteiger partial charge in [0, 0.05) is 19.0 Å². The molecule has 2 unspecified atom stereocenters. The zero-order valence-electron chi connectivity index (χ0n) is 25.1. The van der Waals surface area contributed by atoms with E-state index in [4.69, 9.17) is 19.4 Å². The van der Waals surface area contributed by atoms with Crippen LogP contribution in [0.4, 0.5) is 13.2 Å². The van der Waals surface area contributed by atoms with Gasteiger partial charge in [-0.3, -0.25) is 4.79 Å². The minimum Gasteiger partial charge on any atom is -0.489 e. The minimum atomic E-state index is -5.08. The molecule has 8 nitrogen and oxygen atoms in total. The first-order valence-electron chi connectivity index (χ1n) is 14.3. The number of aliphatic hydroxyl groups excluding tert-OH is 1. The smallest absolute Gasteiger partial charge is 0.489 e. The Labute approximate surface area is 251 Å². The Kier molecular flexibility index (Phi) is 14.0. The monoisotopic (exact) mass is 606 g/mol. The molecule has 2 aromatic carbocycles. The third kappa shape index (κ3) is 12.3. The van der Waals surface area contributed by atoms with E-state index >= 15 is 0 Å². The highest BCUT2D eigenvalue weighted by Gasteiger charge is 2.38. The van der Waals surface area contributed by atoms with E-state index in [1.807, 2.05) is 27.0 Å². The molecule has 2 aromatic rings. The lowest BCUT2D eigenvalue weighted by molar-refractivity contribution is -0.192. The lowest BCUT2D eigenvalue weighted by atomic mass is 9.97. The van der Waals surface area contributed by atoms with Gasteiger partial charge >= 0.3 is 18.1 Å². The van der Waals surface area contributed by atoms with Gasteiger partial charge in [-0.05, 0) is 87.7 Å². The minimum absolute atomic E-state index is 0.0887. The van der Waals surface area contributed by atoms with Crippen LogP contribution in [0.2, 0.25) is 0 Å². The van der Waals surface area contributed by atoms with E-state index in [9.17, 15) is 28.3 Å². The van der Waals surface area contributed by atoms with E-state index in [0.29, 0.717) is 36.2 Å². The van der Waals surface area contributed by atoms with Crippen LogP contribution in [0.3, 0.4) is 0 Å². The molecule has 236 valence electrons. The summed E-state index contributed by atoms with van der Waals surface area (Å²) in [6.07, 6.45) is -0.957. The lowest BCUT2D eigenvalue weighted by Crippen LogP contribution is -2.39. The number of hydrogen-bond donors (Lipinski definition) is 2. The number of fused-ring (bicyclic) bond motifs is 1. The molecule has 3 atom stereocenters. The molecule has 0 radical (unpaired) electrons. The van der Waals surface area contributed by atoms with Gasteiger partial charge in [0.15, 0.2) is 0 Å². The largest absolute Gasteiger partial charge is 0.490 e. The van der Waals surface area contributed by atoms with E-state index in [0.717, 1.165) is 31.2 Å². The van der Waals surface area contributed by atoms with Crippen LogP contribution < -0.4 is 4.74 Å². The fourth-order valence-corrected chi connectivity index (χ4v) is 4.78. The summed E-state index contributed by atoms with van der Waals surface area (Å²) >= 11 is 0. The van der Waals surface area contributed by atoms with Gasteiger partial charge in [0.2, 0.25) is 0 Å². The molecule has 11 heteroatoms. The number of aryl methyl sites for hydroxylation is 1. The first-order chi connectivity index (χ1) is 20.2. The molecular formula is C32H41F3N2O6. The maximum Gasteiger partial charge on any atom is 0.490 e. The van der Waals surface area contributed by atoms with Crippen molar-refractivity contribution < 1.29 is 42.4 Å². The number of nitriles is 1. The van der Waals surface area contributed by atoms with E-state index in [1.54, 1.807) is 12.1 Å². The zero-order valence-corrected chi connectivity index (χ0v) is 25.1. The van der Waals surface area contributed by atoms with E-state index in [-0.39, 0.29) is 25.1 Å². The van der Waals surface area contributed by atoms with Crippen molar-refractivity contribution in [3.05, 3.63) is 64.7 Å². The number of benzene rings is 2. The molecular weight excluding hydrogens is 565 g/mol. The van der Waals surface area contributed by atoms with Gasteiger partial charge in [0.1, 0.15) is 24.5 Å². The summed E-state index contributed by atoms with van der Waals surface area (Å²) in [6, 6.07) is 16.5. The average Bonchev–Trinajstić information content (AvgIpc) is 3.37. The molecule has 1 aliphatic rings. The molecule has 43 heavy (non-hydrogen) atoms. The summed E-state index contributed by atoms with van der Waals surface area (Å²) in [7, 11) is 2.04. The van der Waals surface area contributed by atoms with Gasteiger partial charge in [-0.25, -0.2) is 4.79 Å². The topological polar surface area (TPSA) is 120 Å². The predicted molar refractivity (Wildman–Crippen MR) is 155 cm³/mol. The van der Waals surface area contributed by atoms with Crippen molar-refractivity contribution in [1.82, 2.24) is 4.90 Å². The number of ether oxygens (including phenoxy) is 2. The van der Waals surface area contributed by atoms with Gasteiger partial charge in [-0.2, -0.15) is 18.4 Å². The molecule has 0 heterocycles. The van der Waals surface area contributed by atoms with Crippen molar-refractivity contribution in [2.24, 2.45) is 5.92 Å². The Morgan fingerprint density at radius 2 is 1.74 bits per heavy atom. The van der Waals surface area contributed by atoms with Gasteiger partial charge in [-0.1, -0.05) is 37.3 Å². The number of carboxylic acids is 1. The number of aliphatic hydroxyl groups is 1. The van der Waals surface area contributed by atoms with Gasteiger partial charge in [0.25, 0.3) is 0 Å². The van der Waals surface area contributed by atoms with Gasteiger partial charge in [0.05, 0.1) is 11.7 Å². The first kappa shape index (κ1) is 35.6. The number of halogens is 3. The van der Waals surface area contributed by atoms with Gasteiger partial charge < -0.3 is 24.6 Å². The zero-order chi connectivity index (χ0) is 32.2. The molecule has 0 amide bonds. The number of rotatable bonds is 13. The second kappa shape index (κ2) is 16.9. The second-order valence-corrected chi connectivity index (χ2v) is 11.0. The Hall–Kier alpha value is -3.62. The molecule has 0 saturated heterocycles. The number of carboxylic acid groups (broad SMARTS) is 1. The number of hydrogen-bond acceptors (Lipinski definition) is 7. The number of esters is 1. The first-order valence-corrected chi connectivity index (χ1v) is 14.3. The standard InChI is InChI=1S/C30H40N2O4.C2HF3O2/c1-5-22(3)36-30(34)13-11-23-10-12-27(18-31)29(17-23)35-20-28(33)19-32(4)21(2)14-24-15-25-8-6-7-9-26(25)16-24;3-2(4,5)1(6)7/h6-10,12,17,21-22,24,28,33H,5,11,13-16,19-20H2,1-4H3;(H,6,7)/t21?,22?,28-;/m1./s1. The molecule has 0 aliphatic heterocycles. The molecule has 0 fully saturated rings. The van der Waals surface area contributed by atoms with Crippen molar-refractivity contribution >= 4 is 11.9 Å². The van der Waals surface area contributed by atoms with Crippen LogP contribution in [0.1, 0.15) is 62.3 Å². The summed E-state index contributed by atoms with van der Waals surface area (Å²) in [5.41, 5.74) is 4.24. The van der Waals surface area contributed by atoms with Crippen molar-refractivity contribution in [2.45, 2.75) is 83.7 Å². The quantitative estimate of drug-likeness (QED) is 0.294. The van der Waals surface area contributed by atoms with E-state index in [1.165, 1.54) is 11.1 Å². The van der Waals surface area contributed by atoms with Crippen LogP contribution in [0.25, 0.3) is 0 Å². The number of carbonyl (C=O) groups excluding carboxylic acids is 1. The Bertz CT molecular complexity index is 1220. The van der Waals surface area contributed by atoms with Crippen LogP contribution in [0.5, 0.6) is 5.75 Å². The SMILES string of the molecule is CCC(C)OC(=O)CCc1ccc(C#N)c(OC[C@H](O)CN(C)C(C)CC2Cc3ccccc3C2)c1.O=C(O)C(F)(F)F. The van der Waals surface area contributed by atoms with Crippen LogP contribution in [0.15, 0.2) is 42.5 Å². The normalized spacial score (nSPS) is 15.0. The Morgan fingerprint density at radius 1 is 1.14 bits per heavy atom. The molecule has 0 saturated carbocycles. The Balaban J connectivity index is 0.000000821. The Morgan fingerprint density at radius 3 is 2.28 bits per heavy atom. The number of alkyl halides is 3. The molecule has 1 aliphatic carbocycles. The predicted octanol–water partition coefficient (Wildman–Crippen LogP) is 5.33. The van der Waals surface area contributed by atoms with Gasteiger partial charge in [-0.15, -0.1) is 0 Å². The van der Waals surface area contributed by atoms with Crippen molar-refractivity contribution in [3.8, 4) is 11.8 Å². The van der Waals surface area contributed by atoms with Crippen molar-refractivity contribution in [2.75, 3.05) is 20.2 Å². The number of nitrogens with zero attached hydrogens (tertiary/aromatic N) is 2. The maximum absolute atomic E-state index is 12.0. The van der Waals surface area contributed by atoms with E-state index in [2.05, 4.69) is 42.2 Å². The van der Waals surface area contributed by atoms with Crippen molar-refractivity contribution in [3.63, 3.8) is 0 Å². The summed E-state index contributed by atoms with van der Waals surface area (Å²) in [4.78, 5) is 23.1. The lowest BCUT2D eigenvalue weighted by Gasteiger charge is -2.29. The average molecular weight is 607 g/mol. The summed E-state index contributed by atoms with van der Waals surface area (Å²) in [5.74, 6) is -1.92. The molecule has 3 rings (SSSR count). The molecule has 0 aromatic heterocycles. The highest BCUT2D eigenvalue weighted by molar-refractivity contribution is 5.73. The number of aliphatic carboxylic acids is 1. The third-order valence-corrected chi connectivity index (χ3v) is 7.43. The van der Waals surface area contributed by atoms with Crippen LogP contribution >= 0.6 is 0 Å².